The maximum absolute atomic E-state index is 5.07. The zero-order valence-electron chi connectivity index (χ0n) is 11.8. The summed E-state index contributed by atoms with van der Waals surface area (Å²) in [5, 5.41) is 3.48. The van der Waals surface area contributed by atoms with E-state index in [1.54, 1.807) is 12.5 Å². The Morgan fingerprint density at radius 3 is 3.00 bits per heavy atom. The molecule has 0 spiro atoms. The molecule has 0 fully saturated rings. The molecule has 3 rings (SSSR count). The standard InChI is InChI=1S/C17H22N2O/c1-2-7-17-16(5-1)6-3-4-10-19(17)11-9-18-13-15-8-12-20-14-15/h1-2,5,7-8,12,14,18H,3-4,6,9-11,13H2. The molecule has 3 heteroatoms. The molecule has 0 saturated heterocycles. The van der Waals surface area contributed by atoms with Crippen LogP contribution in [0.2, 0.25) is 0 Å². The monoisotopic (exact) mass is 270 g/mol. The van der Waals surface area contributed by atoms with Gasteiger partial charge >= 0.3 is 0 Å². The van der Waals surface area contributed by atoms with E-state index in [1.807, 2.05) is 6.07 Å². The van der Waals surface area contributed by atoms with Crippen molar-refractivity contribution >= 4 is 5.69 Å². The topological polar surface area (TPSA) is 28.4 Å². The predicted octanol–water partition coefficient (Wildman–Crippen LogP) is 3.21. The van der Waals surface area contributed by atoms with Gasteiger partial charge in [-0.1, -0.05) is 18.2 Å². The van der Waals surface area contributed by atoms with Gasteiger partial charge in [0.25, 0.3) is 0 Å². The molecule has 20 heavy (non-hydrogen) atoms. The number of rotatable bonds is 5. The van der Waals surface area contributed by atoms with Crippen LogP contribution in [0.4, 0.5) is 5.69 Å². The minimum atomic E-state index is 0.881. The van der Waals surface area contributed by atoms with Crippen LogP contribution >= 0.6 is 0 Å². The zero-order chi connectivity index (χ0) is 13.6. The average Bonchev–Trinajstić information content (AvgIpc) is 2.91. The fourth-order valence-corrected chi connectivity index (χ4v) is 2.84. The van der Waals surface area contributed by atoms with Crippen LogP contribution in [0.25, 0.3) is 0 Å². The number of nitrogens with zero attached hydrogens (tertiary/aromatic N) is 1. The molecule has 1 aliphatic heterocycles. The lowest BCUT2D eigenvalue weighted by molar-refractivity contribution is 0.560. The summed E-state index contributed by atoms with van der Waals surface area (Å²) in [5.74, 6) is 0. The van der Waals surface area contributed by atoms with Crippen LogP contribution in [0.5, 0.6) is 0 Å². The summed E-state index contributed by atoms with van der Waals surface area (Å²) >= 11 is 0. The van der Waals surface area contributed by atoms with Crippen LogP contribution in [0, 0.1) is 0 Å². The molecule has 0 radical (unpaired) electrons. The lowest BCUT2D eigenvalue weighted by atomic mass is 10.1. The molecule has 0 unspecified atom stereocenters. The SMILES string of the molecule is c1ccc2c(c1)CCCCN2CCNCc1ccoc1. The lowest BCUT2D eigenvalue weighted by Crippen LogP contribution is -2.32. The van der Waals surface area contributed by atoms with Gasteiger partial charge in [-0.2, -0.15) is 0 Å². The zero-order valence-corrected chi connectivity index (χ0v) is 11.8. The molecule has 2 aromatic rings. The van der Waals surface area contributed by atoms with E-state index in [4.69, 9.17) is 4.42 Å². The van der Waals surface area contributed by atoms with Crippen LogP contribution in [0.1, 0.15) is 24.0 Å². The number of fused-ring (bicyclic) bond motifs is 1. The second kappa shape index (κ2) is 6.62. The molecule has 1 aromatic carbocycles. The third-order valence-corrected chi connectivity index (χ3v) is 3.92. The van der Waals surface area contributed by atoms with Crippen LogP contribution in [0.15, 0.2) is 47.3 Å². The van der Waals surface area contributed by atoms with Gasteiger partial charge in [0.1, 0.15) is 0 Å². The first-order valence-corrected chi connectivity index (χ1v) is 7.48. The summed E-state index contributed by atoms with van der Waals surface area (Å²) < 4.78 is 5.07. The number of para-hydroxylation sites is 1. The normalized spacial score (nSPS) is 14.9. The number of anilines is 1. The Morgan fingerprint density at radius 1 is 1.15 bits per heavy atom. The molecular formula is C17H22N2O. The van der Waals surface area contributed by atoms with Gasteiger partial charge in [-0.15, -0.1) is 0 Å². The molecule has 1 aromatic heterocycles. The van der Waals surface area contributed by atoms with Crippen molar-refractivity contribution < 1.29 is 4.42 Å². The fourth-order valence-electron chi connectivity index (χ4n) is 2.84. The highest BCUT2D eigenvalue weighted by atomic mass is 16.3. The minimum Gasteiger partial charge on any atom is -0.472 e. The maximum atomic E-state index is 5.07. The number of benzene rings is 1. The first kappa shape index (κ1) is 13.3. The molecule has 0 aliphatic carbocycles. The molecule has 0 saturated carbocycles. The van der Waals surface area contributed by atoms with Gasteiger partial charge in [-0.3, -0.25) is 0 Å². The van der Waals surface area contributed by atoms with Gasteiger partial charge in [0, 0.05) is 37.4 Å². The van der Waals surface area contributed by atoms with E-state index in [9.17, 15) is 0 Å². The quantitative estimate of drug-likeness (QED) is 0.846. The number of hydrogen-bond donors (Lipinski definition) is 1. The van der Waals surface area contributed by atoms with E-state index in [0.29, 0.717) is 0 Å². The highest BCUT2D eigenvalue weighted by Gasteiger charge is 2.13. The second-order valence-corrected chi connectivity index (χ2v) is 5.38. The van der Waals surface area contributed by atoms with Gasteiger partial charge in [-0.25, -0.2) is 0 Å². The summed E-state index contributed by atoms with van der Waals surface area (Å²) in [6.07, 6.45) is 7.33. The van der Waals surface area contributed by atoms with Crippen molar-refractivity contribution in [3.05, 3.63) is 54.0 Å². The van der Waals surface area contributed by atoms with Crippen molar-refractivity contribution in [2.45, 2.75) is 25.8 Å². The van der Waals surface area contributed by atoms with E-state index >= 15 is 0 Å². The van der Waals surface area contributed by atoms with Gasteiger partial charge in [-0.05, 0) is 37.0 Å². The Balaban J connectivity index is 1.54. The lowest BCUT2D eigenvalue weighted by Gasteiger charge is -2.25. The molecule has 106 valence electrons. The summed E-state index contributed by atoms with van der Waals surface area (Å²) in [5.41, 5.74) is 4.14. The number of furan rings is 1. The Morgan fingerprint density at radius 2 is 2.10 bits per heavy atom. The number of nitrogens with one attached hydrogen (secondary N) is 1. The van der Waals surface area contributed by atoms with Crippen molar-refractivity contribution in [2.75, 3.05) is 24.5 Å². The van der Waals surface area contributed by atoms with Crippen molar-refractivity contribution in [3.63, 3.8) is 0 Å². The predicted molar refractivity (Wildman–Crippen MR) is 82.0 cm³/mol. The summed E-state index contributed by atoms with van der Waals surface area (Å²) in [7, 11) is 0. The molecule has 1 N–H and O–H groups in total. The van der Waals surface area contributed by atoms with Crippen LogP contribution in [-0.4, -0.2) is 19.6 Å². The first-order chi connectivity index (χ1) is 9.93. The van der Waals surface area contributed by atoms with Crippen molar-refractivity contribution in [2.24, 2.45) is 0 Å². The summed E-state index contributed by atoms with van der Waals surface area (Å²) in [6, 6.07) is 10.8. The molecular weight excluding hydrogens is 248 g/mol. The Labute approximate surface area is 120 Å². The van der Waals surface area contributed by atoms with Gasteiger partial charge in [0.2, 0.25) is 0 Å². The summed E-state index contributed by atoms with van der Waals surface area (Å²) in [4.78, 5) is 2.52. The first-order valence-electron chi connectivity index (χ1n) is 7.48. The van der Waals surface area contributed by atoms with Gasteiger partial charge < -0.3 is 14.6 Å². The van der Waals surface area contributed by atoms with Crippen LogP contribution in [0.3, 0.4) is 0 Å². The largest absolute Gasteiger partial charge is 0.472 e. The van der Waals surface area contributed by atoms with Crippen molar-refractivity contribution in [1.29, 1.82) is 0 Å². The minimum absolute atomic E-state index is 0.881. The molecule has 1 aliphatic rings. The smallest absolute Gasteiger partial charge is 0.0947 e. The maximum Gasteiger partial charge on any atom is 0.0947 e. The average molecular weight is 270 g/mol. The summed E-state index contributed by atoms with van der Waals surface area (Å²) in [6.45, 7) is 4.12. The second-order valence-electron chi connectivity index (χ2n) is 5.38. The Hall–Kier alpha value is -1.74. The van der Waals surface area contributed by atoms with Gasteiger partial charge in [0.15, 0.2) is 0 Å². The molecule has 0 bridgehead atoms. The highest BCUT2D eigenvalue weighted by Crippen LogP contribution is 2.25. The van der Waals surface area contributed by atoms with E-state index in [-0.39, 0.29) is 0 Å². The van der Waals surface area contributed by atoms with Crippen molar-refractivity contribution in [3.8, 4) is 0 Å². The van der Waals surface area contributed by atoms with E-state index in [1.165, 1.54) is 42.6 Å². The van der Waals surface area contributed by atoms with Crippen molar-refractivity contribution in [1.82, 2.24) is 5.32 Å². The van der Waals surface area contributed by atoms with Crippen LogP contribution < -0.4 is 10.2 Å². The third kappa shape index (κ3) is 3.23. The van der Waals surface area contributed by atoms with E-state index in [0.717, 1.165) is 19.6 Å². The number of hydrogen-bond acceptors (Lipinski definition) is 3. The molecule has 0 atom stereocenters. The van der Waals surface area contributed by atoms with E-state index in [2.05, 4.69) is 34.5 Å². The third-order valence-electron chi connectivity index (χ3n) is 3.92. The molecule has 2 heterocycles. The highest BCUT2D eigenvalue weighted by molar-refractivity contribution is 5.54. The number of aryl methyl sites for hydroxylation is 1. The Bertz CT molecular complexity index is 522. The van der Waals surface area contributed by atoms with E-state index < -0.39 is 0 Å². The fraction of sp³-hybridized carbons (Fsp3) is 0.412. The molecule has 0 amide bonds. The Kier molecular flexibility index (Phi) is 4.38. The molecule has 3 nitrogen and oxygen atoms in total. The van der Waals surface area contributed by atoms with Crippen LogP contribution in [-0.2, 0) is 13.0 Å². The van der Waals surface area contributed by atoms with Gasteiger partial charge in [0.05, 0.1) is 12.5 Å².